The fourth-order valence-corrected chi connectivity index (χ4v) is 5.90. The zero-order valence-electron chi connectivity index (χ0n) is 18.5. The molecule has 7 nitrogen and oxygen atoms in total. The summed E-state index contributed by atoms with van der Waals surface area (Å²) in [6.07, 6.45) is 1.55. The Morgan fingerprint density at radius 1 is 1.30 bits per heavy atom. The number of likely N-dealkylation sites (tertiary alicyclic amines) is 1. The van der Waals surface area contributed by atoms with E-state index in [2.05, 4.69) is 10.6 Å². The van der Waals surface area contributed by atoms with Crippen molar-refractivity contribution in [1.29, 1.82) is 0 Å². The highest BCUT2D eigenvalue weighted by atomic mass is 127. The Hall–Kier alpha value is -2.21. The lowest BCUT2D eigenvalue weighted by Crippen LogP contribution is -2.42. The van der Waals surface area contributed by atoms with Gasteiger partial charge in [0.25, 0.3) is 11.8 Å². The molecule has 0 unspecified atom stereocenters. The molecule has 4 N–H and O–H groups in total. The second-order valence-electron chi connectivity index (χ2n) is 9.36. The normalized spacial score (nSPS) is 18.3. The van der Waals surface area contributed by atoms with Crippen molar-refractivity contribution in [2.75, 3.05) is 25.0 Å². The summed E-state index contributed by atoms with van der Waals surface area (Å²) in [6.45, 7) is 5.39. The number of carbonyl (C=O) groups excluding carboxylic acids is 3. The Kier molecular flexibility index (Phi) is 6.68. The topological polar surface area (TPSA) is 105 Å². The van der Waals surface area contributed by atoms with Gasteiger partial charge in [-0.15, -0.1) is 11.3 Å². The molecule has 1 aromatic heterocycles. The molecule has 2 aromatic rings. The fourth-order valence-electron chi connectivity index (χ4n) is 4.31. The smallest absolute Gasteiger partial charge is 0.261 e. The van der Waals surface area contributed by atoms with Crippen molar-refractivity contribution in [3.05, 3.63) is 43.6 Å². The number of anilines is 2. The van der Waals surface area contributed by atoms with Crippen molar-refractivity contribution in [2.24, 2.45) is 17.1 Å². The maximum absolute atomic E-state index is 14.6. The van der Waals surface area contributed by atoms with Gasteiger partial charge in [0.2, 0.25) is 5.91 Å². The molecule has 176 valence electrons. The minimum atomic E-state index is -0.434. The largest absolute Gasteiger partial charge is 0.369 e. The number of halogens is 2. The maximum Gasteiger partial charge on any atom is 0.261 e. The number of thiophene rings is 1. The van der Waals surface area contributed by atoms with Gasteiger partial charge in [0, 0.05) is 29.1 Å². The van der Waals surface area contributed by atoms with Crippen molar-refractivity contribution < 1.29 is 18.8 Å². The van der Waals surface area contributed by atoms with Crippen molar-refractivity contribution in [3.63, 3.8) is 0 Å². The van der Waals surface area contributed by atoms with E-state index in [9.17, 15) is 18.8 Å². The number of nitrogens with one attached hydrogen (secondary N) is 2. The van der Waals surface area contributed by atoms with Gasteiger partial charge in [-0.3, -0.25) is 14.4 Å². The molecular weight excluding hydrogens is 558 g/mol. The molecular formula is C23H26FIN4O3S. The third-order valence-corrected chi connectivity index (χ3v) is 7.99. The van der Waals surface area contributed by atoms with E-state index in [0.29, 0.717) is 59.9 Å². The first-order chi connectivity index (χ1) is 15.6. The zero-order chi connectivity index (χ0) is 23.9. The monoisotopic (exact) mass is 584 g/mol. The number of primary amides is 1. The fraction of sp³-hybridized carbons (Fsp3) is 0.435. The van der Waals surface area contributed by atoms with Crippen LogP contribution in [0.25, 0.3) is 0 Å². The summed E-state index contributed by atoms with van der Waals surface area (Å²) in [7, 11) is 0. The summed E-state index contributed by atoms with van der Waals surface area (Å²) in [6, 6.07) is 4.81. The predicted octanol–water partition coefficient (Wildman–Crippen LogP) is 3.89. The average Bonchev–Trinajstić information content (AvgIpc) is 3.05. The number of piperidine rings is 1. The van der Waals surface area contributed by atoms with E-state index >= 15 is 0 Å². The highest BCUT2D eigenvalue weighted by Crippen LogP contribution is 2.41. The quantitative estimate of drug-likeness (QED) is 0.475. The lowest BCUT2D eigenvalue weighted by Gasteiger charge is -2.31. The summed E-state index contributed by atoms with van der Waals surface area (Å²) in [4.78, 5) is 40.3. The summed E-state index contributed by atoms with van der Waals surface area (Å²) in [5.74, 6) is -1.46. The number of nitrogens with zero attached hydrogens (tertiary/aromatic N) is 1. The molecule has 2 aliphatic heterocycles. The molecule has 3 amide bonds. The van der Waals surface area contributed by atoms with Crippen molar-refractivity contribution >= 4 is 62.3 Å². The predicted molar refractivity (Wildman–Crippen MR) is 134 cm³/mol. The standard InChI is InChI=1S/C23H26FIN4O3S/c1-23(2)10-14-17(22(32)29-7-5-12(6-8-29)19(26)30)21(33-18(14)20(31)27-11-23)28-16-4-3-13(25)9-15(16)24/h3-4,9,12,28H,5-8,10-11H2,1-2H3,(H2,26,30)(H,27,31). The van der Waals surface area contributed by atoms with E-state index < -0.39 is 5.82 Å². The van der Waals surface area contributed by atoms with Gasteiger partial charge in [-0.05, 0) is 71.0 Å². The SMILES string of the molecule is CC1(C)CNC(=O)c2sc(Nc3ccc(I)cc3F)c(C(=O)N3CCC(C(N)=O)CC3)c2C1. The summed E-state index contributed by atoms with van der Waals surface area (Å²) in [5.41, 5.74) is 6.54. The number of nitrogens with two attached hydrogens (primary N) is 1. The Balaban J connectivity index is 1.75. The van der Waals surface area contributed by atoms with Gasteiger partial charge in [0.1, 0.15) is 10.8 Å². The van der Waals surface area contributed by atoms with Gasteiger partial charge < -0.3 is 21.3 Å². The second-order valence-corrected chi connectivity index (χ2v) is 11.6. The van der Waals surface area contributed by atoms with Crippen LogP contribution in [-0.4, -0.2) is 42.3 Å². The van der Waals surface area contributed by atoms with Gasteiger partial charge in [-0.1, -0.05) is 13.8 Å². The molecule has 0 aliphatic carbocycles. The lowest BCUT2D eigenvalue weighted by atomic mass is 9.85. The van der Waals surface area contributed by atoms with Crippen LogP contribution in [0.15, 0.2) is 18.2 Å². The van der Waals surface area contributed by atoms with Gasteiger partial charge in [-0.25, -0.2) is 4.39 Å². The van der Waals surface area contributed by atoms with Gasteiger partial charge in [-0.2, -0.15) is 0 Å². The van der Waals surface area contributed by atoms with Crippen LogP contribution in [0.4, 0.5) is 15.1 Å². The van der Waals surface area contributed by atoms with E-state index in [1.54, 1.807) is 17.0 Å². The molecule has 0 saturated carbocycles. The van der Waals surface area contributed by atoms with E-state index in [1.165, 1.54) is 17.4 Å². The Morgan fingerprint density at radius 3 is 2.64 bits per heavy atom. The van der Waals surface area contributed by atoms with Crippen LogP contribution in [-0.2, 0) is 11.2 Å². The first kappa shape index (κ1) is 23.9. The lowest BCUT2D eigenvalue weighted by molar-refractivity contribution is -0.123. The van der Waals surface area contributed by atoms with Gasteiger partial charge in [0.15, 0.2) is 0 Å². The Bertz CT molecular complexity index is 1130. The van der Waals surface area contributed by atoms with Gasteiger partial charge >= 0.3 is 0 Å². The highest BCUT2D eigenvalue weighted by Gasteiger charge is 2.37. The molecule has 0 radical (unpaired) electrons. The molecule has 1 fully saturated rings. The van der Waals surface area contributed by atoms with E-state index in [0.717, 1.165) is 3.57 Å². The van der Waals surface area contributed by atoms with Crippen LogP contribution >= 0.6 is 33.9 Å². The van der Waals surface area contributed by atoms with Crippen LogP contribution in [0, 0.1) is 20.7 Å². The van der Waals surface area contributed by atoms with E-state index in [-0.39, 0.29) is 34.7 Å². The average molecular weight is 584 g/mol. The molecule has 0 bridgehead atoms. The first-order valence-electron chi connectivity index (χ1n) is 10.8. The van der Waals surface area contributed by atoms with Crippen LogP contribution in [0.3, 0.4) is 0 Å². The Labute approximate surface area is 209 Å². The maximum atomic E-state index is 14.6. The number of benzene rings is 1. The molecule has 1 aromatic carbocycles. The van der Waals surface area contributed by atoms with E-state index in [4.69, 9.17) is 5.73 Å². The highest BCUT2D eigenvalue weighted by molar-refractivity contribution is 14.1. The van der Waals surface area contributed by atoms with Gasteiger partial charge in [0.05, 0.1) is 16.1 Å². The molecule has 10 heteroatoms. The summed E-state index contributed by atoms with van der Waals surface area (Å²) < 4.78 is 15.4. The number of carbonyl (C=O) groups is 3. The number of amides is 3. The second kappa shape index (κ2) is 9.21. The summed E-state index contributed by atoms with van der Waals surface area (Å²) in [5, 5.41) is 6.48. The minimum Gasteiger partial charge on any atom is -0.369 e. The van der Waals surface area contributed by atoms with Crippen molar-refractivity contribution in [1.82, 2.24) is 10.2 Å². The van der Waals surface area contributed by atoms with Crippen LogP contribution in [0.1, 0.15) is 52.3 Å². The van der Waals surface area contributed by atoms with Crippen LogP contribution in [0.2, 0.25) is 0 Å². The first-order valence-corrected chi connectivity index (χ1v) is 12.7. The third kappa shape index (κ3) is 5.01. The van der Waals surface area contributed by atoms with Crippen LogP contribution in [0.5, 0.6) is 0 Å². The molecule has 0 spiro atoms. The molecule has 33 heavy (non-hydrogen) atoms. The molecule has 1 saturated heterocycles. The third-order valence-electron chi connectivity index (χ3n) is 6.17. The molecule has 4 rings (SSSR count). The number of hydrogen-bond acceptors (Lipinski definition) is 5. The van der Waals surface area contributed by atoms with Crippen molar-refractivity contribution in [3.8, 4) is 0 Å². The number of rotatable bonds is 4. The molecule has 3 heterocycles. The molecule has 0 atom stereocenters. The van der Waals surface area contributed by atoms with E-state index in [1.807, 2.05) is 36.4 Å². The number of fused-ring (bicyclic) bond motifs is 1. The zero-order valence-corrected chi connectivity index (χ0v) is 21.4. The summed E-state index contributed by atoms with van der Waals surface area (Å²) >= 11 is 3.21. The van der Waals surface area contributed by atoms with Crippen LogP contribution < -0.4 is 16.4 Å². The minimum absolute atomic E-state index is 0.214. The Morgan fingerprint density at radius 2 is 2.00 bits per heavy atom. The van der Waals surface area contributed by atoms with Crippen molar-refractivity contribution in [2.45, 2.75) is 33.1 Å². The number of hydrogen-bond donors (Lipinski definition) is 3. The molecule has 2 aliphatic rings.